The average molecular weight is 332 g/mol. The fourth-order valence-electron chi connectivity index (χ4n) is 3.86. The Morgan fingerprint density at radius 1 is 1.27 bits per heavy atom. The number of benzene rings is 1. The van der Waals surface area contributed by atoms with Gasteiger partial charge in [-0.3, -0.25) is 4.57 Å². The molecule has 0 aromatic heterocycles. The summed E-state index contributed by atoms with van der Waals surface area (Å²) in [4.78, 5) is 20.2. The van der Waals surface area contributed by atoms with Crippen molar-refractivity contribution in [3.63, 3.8) is 0 Å². The Balaban J connectivity index is 2.66. The predicted octanol–water partition coefficient (Wildman–Crippen LogP) is 4.53. The highest BCUT2D eigenvalue weighted by molar-refractivity contribution is 7.53. The minimum atomic E-state index is -4.76. The molecular formula is C16H23F2O3P. The van der Waals surface area contributed by atoms with E-state index in [9.17, 15) is 23.1 Å². The fraction of sp³-hybridized carbons (Fsp3) is 0.625. The molecular weight excluding hydrogens is 309 g/mol. The molecule has 2 rings (SSSR count). The van der Waals surface area contributed by atoms with Gasteiger partial charge in [0.05, 0.1) is 0 Å². The molecule has 0 bridgehead atoms. The minimum Gasteiger partial charge on any atom is -0.324 e. The molecule has 1 saturated carbocycles. The zero-order valence-electron chi connectivity index (χ0n) is 12.7. The van der Waals surface area contributed by atoms with Crippen molar-refractivity contribution >= 4 is 7.60 Å². The zero-order chi connectivity index (χ0) is 16.4. The van der Waals surface area contributed by atoms with E-state index in [-0.39, 0.29) is 18.4 Å². The first-order valence-corrected chi connectivity index (χ1v) is 9.40. The molecule has 3 atom stereocenters. The Labute approximate surface area is 129 Å². The second kappa shape index (κ2) is 6.77. The lowest BCUT2D eigenvalue weighted by molar-refractivity contribution is 0.103. The quantitative estimate of drug-likeness (QED) is 0.779. The Morgan fingerprint density at radius 2 is 1.91 bits per heavy atom. The molecule has 1 fully saturated rings. The Hall–Kier alpha value is -0.770. The monoisotopic (exact) mass is 332 g/mol. The van der Waals surface area contributed by atoms with Crippen molar-refractivity contribution in [3.05, 3.63) is 35.6 Å². The van der Waals surface area contributed by atoms with E-state index in [0.29, 0.717) is 25.7 Å². The number of halogens is 2. The molecule has 0 spiro atoms. The van der Waals surface area contributed by atoms with E-state index >= 15 is 0 Å². The Kier molecular flexibility index (Phi) is 5.41. The highest BCUT2D eigenvalue weighted by Gasteiger charge is 2.57. The summed E-state index contributed by atoms with van der Waals surface area (Å²) in [5, 5.41) is -1.77. The molecule has 1 aromatic rings. The molecule has 0 radical (unpaired) electrons. The van der Waals surface area contributed by atoms with Gasteiger partial charge in [-0.15, -0.1) is 0 Å². The zero-order valence-corrected chi connectivity index (χ0v) is 13.6. The standard InChI is InChI=1S/C16H23F2O3P/c1-2-11-16(22(19,20)21,12-7-3-5-9-14(12)17)13-8-4-6-10-15(13)18/h3,5,7,9,13,15H,2,4,6,8,10-11H2,1H3,(H2,19,20,21). The summed E-state index contributed by atoms with van der Waals surface area (Å²) in [7, 11) is -4.76. The van der Waals surface area contributed by atoms with Crippen molar-refractivity contribution in [2.45, 2.75) is 56.8 Å². The summed E-state index contributed by atoms with van der Waals surface area (Å²) in [5.74, 6) is -1.52. The average Bonchev–Trinajstić information content (AvgIpc) is 2.45. The van der Waals surface area contributed by atoms with E-state index in [0.717, 1.165) is 0 Å². The first kappa shape index (κ1) is 17.6. The molecule has 0 heterocycles. The van der Waals surface area contributed by atoms with Crippen molar-refractivity contribution < 1.29 is 23.1 Å². The van der Waals surface area contributed by atoms with Crippen LogP contribution in [0.4, 0.5) is 8.78 Å². The van der Waals surface area contributed by atoms with E-state index in [1.165, 1.54) is 18.2 Å². The fourth-order valence-corrected chi connectivity index (χ4v) is 5.59. The highest BCUT2D eigenvalue weighted by atomic mass is 31.2. The van der Waals surface area contributed by atoms with Crippen LogP contribution in [-0.2, 0) is 9.72 Å². The van der Waals surface area contributed by atoms with E-state index in [4.69, 9.17) is 0 Å². The van der Waals surface area contributed by atoms with Crippen LogP contribution < -0.4 is 0 Å². The number of hydrogen-bond donors (Lipinski definition) is 2. The van der Waals surface area contributed by atoms with Crippen LogP contribution in [0.2, 0.25) is 0 Å². The molecule has 124 valence electrons. The summed E-state index contributed by atoms with van der Waals surface area (Å²) in [6, 6.07) is 5.61. The molecule has 1 aliphatic rings. The number of alkyl halides is 1. The number of rotatable bonds is 5. The van der Waals surface area contributed by atoms with Crippen molar-refractivity contribution in [1.29, 1.82) is 0 Å². The lowest BCUT2D eigenvalue weighted by atomic mass is 9.73. The molecule has 0 saturated heterocycles. The van der Waals surface area contributed by atoms with Crippen LogP contribution in [0.15, 0.2) is 24.3 Å². The molecule has 22 heavy (non-hydrogen) atoms. The van der Waals surface area contributed by atoms with Gasteiger partial charge >= 0.3 is 7.60 Å². The maximum atomic E-state index is 14.5. The third-order valence-corrected chi connectivity index (χ3v) is 6.62. The molecule has 3 nitrogen and oxygen atoms in total. The van der Waals surface area contributed by atoms with E-state index in [1.54, 1.807) is 13.0 Å². The van der Waals surface area contributed by atoms with Gasteiger partial charge in [0.15, 0.2) is 0 Å². The third-order valence-electron chi connectivity index (χ3n) is 4.79. The molecule has 3 unspecified atom stereocenters. The second-order valence-electron chi connectivity index (χ2n) is 6.11. The van der Waals surface area contributed by atoms with Crippen LogP contribution in [0.25, 0.3) is 0 Å². The van der Waals surface area contributed by atoms with Crippen molar-refractivity contribution in [2.75, 3.05) is 0 Å². The van der Waals surface area contributed by atoms with E-state index in [2.05, 4.69) is 0 Å². The van der Waals surface area contributed by atoms with Gasteiger partial charge in [-0.1, -0.05) is 44.4 Å². The van der Waals surface area contributed by atoms with Crippen LogP contribution in [0.5, 0.6) is 0 Å². The minimum absolute atomic E-state index is 0.0419. The van der Waals surface area contributed by atoms with Gasteiger partial charge in [-0.05, 0) is 25.3 Å². The van der Waals surface area contributed by atoms with Crippen LogP contribution in [0.1, 0.15) is 51.0 Å². The SMILES string of the molecule is CCCC(c1ccccc1F)(C1CCCCC1F)P(=O)(O)O. The van der Waals surface area contributed by atoms with Gasteiger partial charge in [0.25, 0.3) is 0 Å². The topological polar surface area (TPSA) is 57.5 Å². The van der Waals surface area contributed by atoms with Crippen molar-refractivity contribution in [3.8, 4) is 0 Å². The molecule has 0 aliphatic heterocycles. The molecule has 6 heteroatoms. The van der Waals surface area contributed by atoms with Gasteiger partial charge in [-0.25, -0.2) is 8.78 Å². The van der Waals surface area contributed by atoms with E-state index in [1.807, 2.05) is 0 Å². The Bertz CT molecular complexity index is 560. The summed E-state index contributed by atoms with van der Waals surface area (Å²) in [6.07, 6.45) is 1.29. The summed E-state index contributed by atoms with van der Waals surface area (Å²) >= 11 is 0. The lowest BCUT2D eigenvalue weighted by Crippen LogP contribution is -2.42. The molecule has 2 N–H and O–H groups in total. The van der Waals surface area contributed by atoms with Crippen LogP contribution in [0.3, 0.4) is 0 Å². The first-order chi connectivity index (χ1) is 10.3. The van der Waals surface area contributed by atoms with Gasteiger partial charge in [0, 0.05) is 11.5 Å². The Morgan fingerprint density at radius 3 is 2.45 bits per heavy atom. The maximum Gasteiger partial charge on any atom is 0.336 e. The third kappa shape index (κ3) is 2.99. The van der Waals surface area contributed by atoms with Crippen molar-refractivity contribution in [2.24, 2.45) is 5.92 Å². The largest absolute Gasteiger partial charge is 0.336 e. The van der Waals surface area contributed by atoms with Gasteiger partial charge in [0.1, 0.15) is 17.1 Å². The summed E-state index contributed by atoms with van der Waals surface area (Å²) < 4.78 is 41.3. The summed E-state index contributed by atoms with van der Waals surface area (Å²) in [5.41, 5.74) is -0.0419. The van der Waals surface area contributed by atoms with Crippen molar-refractivity contribution in [1.82, 2.24) is 0 Å². The van der Waals surface area contributed by atoms with Crippen LogP contribution >= 0.6 is 7.60 Å². The maximum absolute atomic E-state index is 14.5. The highest BCUT2D eigenvalue weighted by Crippen LogP contribution is 2.66. The normalized spacial score (nSPS) is 25.7. The second-order valence-corrected chi connectivity index (χ2v) is 7.99. The van der Waals surface area contributed by atoms with Crippen LogP contribution in [0, 0.1) is 11.7 Å². The molecule has 1 aliphatic carbocycles. The van der Waals surface area contributed by atoms with Crippen LogP contribution in [-0.4, -0.2) is 16.0 Å². The summed E-state index contributed by atoms with van der Waals surface area (Å²) in [6.45, 7) is 1.78. The lowest BCUT2D eigenvalue weighted by Gasteiger charge is -2.44. The van der Waals surface area contributed by atoms with E-state index < -0.39 is 30.7 Å². The first-order valence-electron chi connectivity index (χ1n) is 7.79. The molecule has 1 aromatic carbocycles. The van der Waals surface area contributed by atoms with Gasteiger partial charge in [-0.2, -0.15) is 0 Å². The smallest absolute Gasteiger partial charge is 0.324 e. The number of hydrogen-bond acceptors (Lipinski definition) is 1. The van der Waals surface area contributed by atoms with Gasteiger partial charge < -0.3 is 9.79 Å². The molecule has 0 amide bonds. The predicted molar refractivity (Wildman–Crippen MR) is 81.9 cm³/mol. The van der Waals surface area contributed by atoms with Gasteiger partial charge in [0.2, 0.25) is 0 Å².